The lowest BCUT2D eigenvalue weighted by molar-refractivity contribution is -0.534. The molecule has 2 aliphatic rings. The number of hydrogen-bond donors (Lipinski definition) is 5. The van der Waals surface area contributed by atoms with E-state index in [4.69, 9.17) is 25.1 Å². The Kier molecular flexibility index (Phi) is 11.8. The highest BCUT2D eigenvalue weighted by Crippen LogP contribution is 2.29. The minimum absolute atomic E-state index is 0.0479. The minimum atomic E-state index is -1.57. The summed E-state index contributed by atoms with van der Waals surface area (Å²) in [5.74, 6) is 0. The molecule has 0 spiro atoms. The van der Waals surface area contributed by atoms with Crippen LogP contribution >= 0.6 is 0 Å². The maximum atomic E-state index is 10.9. The lowest BCUT2D eigenvalue weighted by atomic mass is 9.77. The number of benzene rings is 3. The van der Waals surface area contributed by atoms with Gasteiger partial charge in [-0.1, -0.05) is 86.6 Å². The van der Waals surface area contributed by atoms with Crippen molar-refractivity contribution in [2.75, 3.05) is 0 Å². The predicted octanol–water partition coefficient (Wildman–Crippen LogP) is -0.138. The maximum absolute atomic E-state index is 10.9. The van der Waals surface area contributed by atoms with Crippen LogP contribution in [0.2, 0.25) is 0 Å². The van der Waals surface area contributed by atoms with E-state index in [-0.39, 0.29) is 22.5 Å². The van der Waals surface area contributed by atoms with E-state index in [0.29, 0.717) is 23.7 Å². The molecule has 4 unspecified atom stereocenters. The molecular formula is C27H33B3N2O9. The summed E-state index contributed by atoms with van der Waals surface area (Å²) in [5, 5.41) is 47.6. The molecule has 0 aliphatic carbocycles. The molecule has 3 aromatic carbocycles. The molecule has 0 fully saturated rings. The van der Waals surface area contributed by atoms with Gasteiger partial charge in [-0.15, -0.1) is 0 Å². The molecule has 2 heterocycles. The van der Waals surface area contributed by atoms with Crippen molar-refractivity contribution in [3.05, 3.63) is 99.6 Å². The Morgan fingerprint density at radius 1 is 0.902 bits per heavy atom. The highest BCUT2D eigenvalue weighted by atomic mass is 16.6. The van der Waals surface area contributed by atoms with Crippen molar-refractivity contribution in [3.8, 4) is 0 Å². The fourth-order valence-electron chi connectivity index (χ4n) is 4.73. The van der Waals surface area contributed by atoms with Gasteiger partial charge in [-0.2, -0.15) is 0 Å². The quantitative estimate of drug-likeness (QED) is 0.112. The summed E-state index contributed by atoms with van der Waals surface area (Å²) < 4.78 is 10.7. The number of carbonyl (C=O) groups excluding carboxylic acids is 1. The maximum Gasteiger partial charge on any atom is 0.492 e. The lowest BCUT2D eigenvalue weighted by Gasteiger charge is -2.18. The predicted molar refractivity (Wildman–Crippen MR) is 157 cm³/mol. The van der Waals surface area contributed by atoms with Gasteiger partial charge in [-0.3, -0.25) is 14.9 Å². The number of aldehydes is 1. The molecule has 0 saturated heterocycles. The highest BCUT2D eigenvalue weighted by molar-refractivity contribution is 6.62. The molecule has 41 heavy (non-hydrogen) atoms. The van der Waals surface area contributed by atoms with Gasteiger partial charge in [0.2, 0.25) is 6.04 Å². The van der Waals surface area contributed by atoms with Crippen molar-refractivity contribution < 1.29 is 39.1 Å². The van der Waals surface area contributed by atoms with Crippen molar-refractivity contribution >= 4 is 44.0 Å². The monoisotopic (exact) mass is 562 g/mol. The molecule has 5 rings (SSSR count). The first kappa shape index (κ1) is 32.2. The largest absolute Gasteiger partial charge is 0.492 e. The topological polar surface area (TPSA) is 186 Å². The van der Waals surface area contributed by atoms with Crippen molar-refractivity contribution in [1.82, 2.24) is 0 Å². The smallest absolute Gasteiger partial charge is 0.423 e. The number of fused-ring (bicyclic) bond motifs is 2. The van der Waals surface area contributed by atoms with Gasteiger partial charge in [0, 0.05) is 22.9 Å². The van der Waals surface area contributed by atoms with Crippen LogP contribution in [0.25, 0.3) is 0 Å². The fraction of sp³-hybridized carbons (Fsp3) is 0.296. The Labute approximate surface area is 239 Å². The van der Waals surface area contributed by atoms with E-state index in [0.717, 1.165) is 23.0 Å². The van der Waals surface area contributed by atoms with Crippen LogP contribution in [-0.4, -0.2) is 64.7 Å². The number of nitrogens with zero attached hydrogens (tertiary/aromatic N) is 1. The normalized spacial score (nSPS) is 18.1. The molecule has 11 nitrogen and oxygen atoms in total. The lowest BCUT2D eigenvalue weighted by Crippen LogP contribution is -2.32. The minimum Gasteiger partial charge on any atom is -0.423 e. The molecule has 0 radical (unpaired) electrons. The number of nitrogens with two attached hydrogens (primary N) is 1. The zero-order chi connectivity index (χ0) is 30.1. The third kappa shape index (κ3) is 7.69. The summed E-state index contributed by atoms with van der Waals surface area (Å²) in [6.07, 6.45) is 0.997. The summed E-state index contributed by atoms with van der Waals surface area (Å²) in [6.45, 7) is 3.76. The molecular weight excluding hydrogens is 529 g/mol. The number of rotatable bonds is 7. The standard InChI is InChI=1S/C10H12BNO4.C10H14BNO2.C7H7BO3/c1-2-9(12(14)15)10-7-5-3-4-6-8(7)11(13)16-10;1-2-9(12)10-7-5-3-4-6-8(7)11(13)14-10;9-5-6-3-1-2-4-7(6)8(10)11/h3-6,9-10,13H,2H2,1H3;3-6,9-10,13H,2,12H2,1H3;1-5,10-11H. The number of carbonyl (C=O) groups is 1. The summed E-state index contributed by atoms with van der Waals surface area (Å²) in [6, 6.07) is 20.2. The Morgan fingerprint density at radius 3 is 1.85 bits per heavy atom. The van der Waals surface area contributed by atoms with Crippen LogP contribution in [0.15, 0.2) is 72.8 Å². The summed E-state index contributed by atoms with van der Waals surface area (Å²) in [4.78, 5) is 20.8. The van der Waals surface area contributed by atoms with Crippen molar-refractivity contribution in [2.24, 2.45) is 5.73 Å². The van der Waals surface area contributed by atoms with E-state index >= 15 is 0 Å². The number of hydrogen-bond acceptors (Lipinski definition) is 10. The molecule has 0 amide bonds. The highest BCUT2D eigenvalue weighted by Gasteiger charge is 2.43. The van der Waals surface area contributed by atoms with Gasteiger partial charge in [-0.05, 0) is 33.9 Å². The van der Waals surface area contributed by atoms with Crippen LogP contribution in [0.1, 0.15) is 60.4 Å². The van der Waals surface area contributed by atoms with Crippen LogP contribution in [-0.2, 0) is 9.31 Å². The van der Waals surface area contributed by atoms with Crippen molar-refractivity contribution in [3.63, 3.8) is 0 Å². The van der Waals surface area contributed by atoms with Crippen LogP contribution in [0.4, 0.5) is 0 Å². The summed E-state index contributed by atoms with van der Waals surface area (Å²) in [5.41, 5.74) is 9.69. The Morgan fingerprint density at radius 2 is 1.39 bits per heavy atom. The van der Waals surface area contributed by atoms with Crippen molar-refractivity contribution in [2.45, 2.75) is 51.0 Å². The first-order valence-corrected chi connectivity index (χ1v) is 13.3. The van der Waals surface area contributed by atoms with E-state index in [2.05, 4.69) is 0 Å². The van der Waals surface area contributed by atoms with E-state index in [1.54, 1.807) is 43.3 Å². The molecule has 0 aromatic heterocycles. The average molecular weight is 562 g/mol. The van der Waals surface area contributed by atoms with Crippen LogP contribution < -0.4 is 22.1 Å². The van der Waals surface area contributed by atoms with E-state index < -0.39 is 33.5 Å². The van der Waals surface area contributed by atoms with E-state index in [1.165, 1.54) is 12.1 Å². The van der Waals surface area contributed by atoms with Gasteiger partial charge in [0.1, 0.15) is 12.4 Å². The van der Waals surface area contributed by atoms with Gasteiger partial charge in [0.25, 0.3) is 0 Å². The summed E-state index contributed by atoms with van der Waals surface area (Å²) in [7, 11) is -3.43. The summed E-state index contributed by atoms with van der Waals surface area (Å²) >= 11 is 0. The van der Waals surface area contributed by atoms with Gasteiger partial charge in [-0.25, -0.2) is 0 Å². The van der Waals surface area contributed by atoms with Gasteiger partial charge >= 0.3 is 21.4 Å². The zero-order valence-corrected chi connectivity index (χ0v) is 22.8. The average Bonchev–Trinajstić information content (AvgIpc) is 3.50. The molecule has 3 aromatic rings. The van der Waals surface area contributed by atoms with Crippen LogP contribution in [0.5, 0.6) is 0 Å². The SMILES string of the molecule is CCC(C1OB(O)c2ccccc21)[N+](=O)[O-].CCC(N)C1OB(O)c2ccccc21.O=Cc1ccccc1B(O)O. The third-order valence-electron chi connectivity index (χ3n) is 6.99. The molecule has 0 bridgehead atoms. The Hall–Kier alpha value is -3.36. The zero-order valence-electron chi connectivity index (χ0n) is 22.8. The second kappa shape index (κ2) is 15.0. The number of nitro groups is 1. The molecule has 2 aliphatic heterocycles. The van der Waals surface area contributed by atoms with E-state index in [1.807, 2.05) is 31.2 Å². The molecule has 6 N–H and O–H groups in total. The third-order valence-corrected chi connectivity index (χ3v) is 6.99. The first-order valence-electron chi connectivity index (χ1n) is 13.3. The second-order valence-electron chi connectivity index (χ2n) is 9.53. The molecule has 0 saturated carbocycles. The first-order chi connectivity index (χ1) is 19.6. The second-order valence-corrected chi connectivity index (χ2v) is 9.53. The fourth-order valence-corrected chi connectivity index (χ4v) is 4.73. The Balaban J connectivity index is 0.000000172. The van der Waals surface area contributed by atoms with Crippen LogP contribution in [0.3, 0.4) is 0 Å². The van der Waals surface area contributed by atoms with Gasteiger partial charge < -0.3 is 35.1 Å². The van der Waals surface area contributed by atoms with Gasteiger partial charge in [0.15, 0.2) is 0 Å². The van der Waals surface area contributed by atoms with Crippen molar-refractivity contribution in [1.29, 1.82) is 0 Å². The Bertz CT molecular complexity index is 1320. The molecule has 14 heteroatoms. The molecule has 214 valence electrons. The van der Waals surface area contributed by atoms with Crippen LogP contribution in [0, 0.1) is 10.1 Å². The van der Waals surface area contributed by atoms with E-state index in [9.17, 15) is 25.0 Å². The van der Waals surface area contributed by atoms with Gasteiger partial charge in [0.05, 0.1) is 6.10 Å². The molecule has 4 atom stereocenters.